The number of aliphatic hydroxyl groups excluding tert-OH is 1. The van der Waals surface area contributed by atoms with Crippen LogP contribution in [0.4, 0.5) is 0 Å². The second kappa shape index (κ2) is 22.6. The lowest BCUT2D eigenvalue weighted by Crippen LogP contribution is -2.61. The van der Waals surface area contributed by atoms with Gasteiger partial charge in [0.05, 0.1) is 12.1 Å². The Hall–Kier alpha value is -4.32. The number of hydrogen-bond acceptors (Lipinski definition) is 10. The molecule has 0 aromatic carbocycles. The number of likely N-dealkylation sites (tertiary alicyclic amines) is 1. The smallest absolute Gasteiger partial charge is 0.326 e. The minimum atomic E-state index is -1.52. The van der Waals surface area contributed by atoms with Gasteiger partial charge in [-0.15, -0.1) is 0 Å². The number of amides is 7. The SMILES string of the molecule is CC[C@H](C)[C@H](NC(=O)[C@H](CC(C)C)NC(=O)[C@@H](NC(=O)[C@@H]1CCCN1)C(C)C)C(=O)N1CCC[C@H]1C(=O)N[C@@H](C)C(=O)N[C@H](C(=O)N[C@H](C(=O)O)C(C)C)[C@@H](C)O. The first-order valence-corrected chi connectivity index (χ1v) is 20.4. The molecule has 0 saturated carbocycles. The first-order chi connectivity index (χ1) is 26.6. The lowest BCUT2D eigenvalue weighted by Gasteiger charge is -2.33. The number of hydrogen-bond donors (Lipinski definition) is 9. The van der Waals surface area contributed by atoms with E-state index in [2.05, 4.69) is 37.2 Å². The number of nitrogens with zero attached hydrogens (tertiary/aromatic N) is 1. The van der Waals surface area contributed by atoms with Crippen LogP contribution in [0.3, 0.4) is 0 Å². The monoisotopic (exact) mass is 809 g/mol. The summed E-state index contributed by atoms with van der Waals surface area (Å²) >= 11 is 0. The summed E-state index contributed by atoms with van der Waals surface area (Å²) in [6.45, 7) is 17.8. The van der Waals surface area contributed by atoms with Crippen LogP contribution in [0.1, 0.15) is 108 Å². The number of aliphatic hydroxyl groups is 1. The highest BCUT2D eigenvalue weighted by atomic mass is 16.4. The van der Waals surface area contributed by atoms with Crippen LogP contribution < -0.4 is 37.2 Å². The first kappa shape index (κ1) is 48.8. The van der Waals surface area contributed by atoms with Gasteiger partial charge in [-0.25, -0.2) is 4.79 Å². The molecule has 2 saturated heterocycles. The fraction of sp³-hybridized carbons (Fsp3) is 0.795. The fourth-order valence-electron chi connectivity index (χ4n) is 6.90. The maximum Gasteiger partial charge on any atom is 0.326 e. The number of nitrogens with one attached hydrogen (secondary N) is 7. The highest BCUT2D eigenvalue weighted by Crippen LogP contribution is 2.22. The quantitative estimate of drug-likeness (QED) is 0.0716. The van der Waals surface area contributed by atoms with E-state index >= 15 is 0 Å². The van der Waals surface area contributed by atoms with Crippen molar-refractivity contribution >= 4 is 47.3 Å². The van der Waals surface area contributed by atoms with Crippen molar-refractivity contribution < 1.29 is 48.6 Å². The van der Waals surface area contributed by atoms with Gasteiger partial charge in [-0.3, -0.25) is 33.6 Å². The Morgan fingerprint density at radius 1 is 0.667 bits per heavy atom. The summed E-state index contributed by atoms with van der Waals surface area (Å²) in [6.07, 6.45) is 1.62. The summed E-state index contributed by atoms with van der Waals surface area (Å²) in [5.74, 6) is -6.68. The molecule has 2 fully saturated rings. The molecule has 2 rings (SSSR count). The number of carbonyl (C=O) groups excluding carboxylic acids is 7. The van der Waals surface area contributed by atoms with E-state index in [1.165, 1.54) is 18.7 Å². The Kier molecular flexibility index (Phi) is 19.3. The molecule has 18 heteroatoms. The number of aliphatic carboxylic acids is 1. The maximum atomic E-state index is 14.2. The molecule has 0 bridgehead atoms. The van der Waals surface area contributed by atoms with Gasteiger partial charge in [0.15, 0.2) is 0 Å². The van der Waals surface area contributed by atoms with E-state index in [9.17, 15) is 48.6 Å². The molecule has 324 valence electrons. The van der Waals surface area contributed by atoms with Crippen molar-refractivity contribution in [2.45, 2.75) is 162 Å². The Labute approximate surface area is 336 Å². The molecule has 10 atom stereocenters. The lowest BCUT2D eigenvalue weighted by molar-refractivity contribution is -0.144. The van der Waals surface area contributed by atoms with E-state index in [1.54, 1.807) is 34.6 Å². The predicted molar refractivity (Wildman–Crippen MR) is 211 cm³/mol. The van der Waals surface area contributed by atoms with Crippen molar-refractivity contribution in [3.05, 3.63) is 0 Å². The van der Waals surface area contributed by atoms with Crippen LogP contribution in [0.2, 0.25) is 0 Å². The summed E-state index contributed by atoms with van der Waals surface area (Å²) < 4.78 is 0. The van der Waals surface area contributed by atoms with Crippen LogP contribution >= 0.6 is 0 Å². The number of carbonyl (C=O) groups is 8. The highest BCUT2D eigenvalue weighted by molar-refractivity contribution is 5.98. The third-order valence-corrected chi connectivity index (χ3v) is 10.6. The van der Waals surface area contributed by atoms with Gasteiger partial charge in [0.25, 0.3) is 0 Å². The standard InChI is InChI=1S/C39H68N8O10/c1-11-22(8)30(45-34(51)26(18-19(2)3)42-36(53)28(20(4)5)43-33(50)25-14-12-16-40-25)38(55)47-17-13-15-27(47)35(52)41-23(9)32(49)46-31(24(10)48)37(54)44-29(21(6)7)39(56)57/h19-31,40,48H,11-18H2,1-10H3,(H,41,52)(H,42,53)(H,43,50)(H,44,54)(H,45,51)(H,46,49)(H,56,57)/t22-,23-,24+,25-,26-,27-,28-,29-,30-,31-/m0/s1. The van der Waals surface area contributed by atoms with Crippen LogP contribution in [0.15, 0.2) is 0 Å². The van der Waals surface area contributed by atoms with Crippen molar-refractivity contribution in [2.75, 3.05) is 13.1 Å². The van der Waals surface area contributed by atoms with Crippen molar-refractivity contribution in [1.82, 2.24) is 42.1 Å². The molecule has 0 aromatic heterocycles. The van der Waals surface area contributed by atoms with Gasteiger partial charge in [-0.2, -0.15) is 0 Å². The first-order valence-electron chi connectivity index (χ1n) is 20.4. The predicted octanol–water partition coefficient (Wildman–Crippen LogP) is -0.472. The summed E-state index contributed by atoms with van der Waals surface area (Å²) in [5.41, 5.74) is 0. The average molecular weight is 809 g/mol. The van der Waals surface area contributed by atoms with E-state index in [-0.39, 0.29) is 43.0 Å². The minimum absolute atomic E-state index is 0.0219. The summed E-state index contributed by atoms with van der Waals surface area (Å²) in [5, 5.41) is 38.6. The third-order valence-electron chi connectivity index (χ3n) is 10.6. The average Bonchev–Trinajstić information content (AvgIpc) is 3.85. The molecule has 2 aliphatic heterocycles. The molecule has 18 nitrogen and oxygen atoms in total. The second-order valence-corrected chi connectivity index (χ2v) is 16.7. The molecule has 0 aliphatic carbocycles. The zero-order valence-corrected chi connectivity index (χ0v) is 35.3. The van der Waals surface area contributed by atoms with Gasteiger partial charge in [0.1, 0.15) is 42.3 Å². The van der Waals surface area contributed by atoms with Crippen molar-refractivity contribution in [3.63, 3.8) is 0 Å². The zero-order chi connectivity index (χ0) is 43.3. The van der Waals surface area contributed by atoms with E-state index in [0.717, 1.165) is 6.42 Å². The van der Waals surface area contributed by atoms with Gasteiger partial charge >= 0.3 is 5.97 Å². The van der Waals surface area contributed by atoms with Gasteiger partial charge in [0, 0.05) is 6.54 Å². The topological polar surface area (TPSA) is 264 Å². The Morgan fingerprint density at radius 3 is 1.75 bits per heavy atom. The molecule has 9 N–H and O–H groups in total. The Balaban J connectivity index is 2.19. The normalized spacial score (nSPS) is 21.1. The molecule has 0 unspecified atom stereocenters. The third kappa shape index (κ3) is 14.2. The van der Waals surface area contributed by atoms with Gasteiger partial charge < -0.3 is 52.3 Å². The van der Waals surface area contributed by atoms with Crippen LogP contribution in [0.25, 0.3) is 0 Å². The van der Waals surface area contributed by atoms with E-state index in [1.807, 2.05) is 20.8 Å². The van der Waals surface area contributed by atoms with Crippen LogP contribution in [-0.4, -0.2) is 130 Å². The molecular formula is C39H68N8O10. The number of rotatable bonds is 21. The number of carboxylic acids is 1. The zero-order valence-electron chi connectivity index (χ0n) is 35.3. The summed E-state index contributed by atoms with van der Waals surface area (Å²) in [6, 6.07) is -8.35. The molecule has 57 heavy (non-hydrogen) atoms. The molecule has 0 aromatic rings. The van der Waals surface area contributed by atoms with Crippen molar-refractivity contribution in [3.8, 4) is 0 Å². The van der Waals surface area contributed by atoms with Crippen molar-refractivity contribution in [1.29, 1.82) is 0 Å². The van der Waals surface area contributed by atoms with Gasteiger partial charge in [-0.1, -0.05) is 61.8 Å². The molecule has 2 heterocycles. The second-order valence-electron chi connectivity index (χ2n) is 16.7. The summed E-state index contributed by atoms with van der Waals surface area (Å²) in [4.78, 5) is 107. The fourth-order valence-corrected chi connectivity index (χ4v) is 6.90. The largest absolute Gasteiger partial charge is 0.480 e. The van der Waals surface area contributed by atoms with Gasteiger partial charge in [0.2, 0.25) is 41.4 Å². The molecule has 0 radical (unpaired) electrons. The molecule has 0 spiro atoms. The molecule has 7 amide bonds. The minimum Gasteiger partial charge on any atom is -0.480 e. The summed E-state index contributed by atoms with van der Waals surface area (Å²) in [7, 11) is 0. The lowest BCUT2D eigenvalue weighted by atomic mass is 9.95. The molecule has 2 aliphatic rings. The highest BCUT2D eigenvalue weighted by Gasteiger charge is 2.41. The van der Waals surface area contributed by atoms with Crippen LogP contribution in [-0.2, 0) is 38.4 Å². The van der Waals surface area contributed by atoms with E-state index < -0.39 is 102 Å². The van der Waals surface area contributed by atoms with E-state index in [4.69, 9.17) is 0 Å². The molecular weight excluding hydrogens is 740 g/mol. The van der Waals surface area contributed by atoms with Crippen molar-refractivity contribution in [2.24, 2.45) is 23.7 Å². The van der Waals surface area contributed by atoms with Crippen LogP contribution in [0, 0.1) is 23.7 Å². The Bertz CT molecular complexity index is 1430. The maximum absolute atomic E-state index is 14.2. The van der Waals surface area contributed by atoms with E-state index in [0.29, 0.717) is 25.8 Å². The Morgan fingerprint density at radius 2 is 1.25 bits per heavy atom. The van der Waals surface area contributed by atoms with Crippen LogP contribution in [0.5, 0.6) is 0 Å². The van der Waals surface area contributed by atoms with Gasteiger partial charge in [-0.05, 0) is 76.2 Å². The number of carboxylic acid groups (broad SMARTS) is 1.